The third kappa shape index (κ3) is 4.26. The lowest BCUT2D eigenvalue weighted by Gasteiger charge is -2.30. The van der Waals surface area contributed by atoms with Gasteiger partial charge in [-0.1, -0.05) is 6.42 Å². The van der Waals surface area contributed by atoms with Crippen molar-refractivity contribution in [3.63, 3.8) is 0 Å². The predicted molar refractivity (Wildman–Crippen MR) is 81.6 cm³/mol. The Hall–Kier alpha value is -0.950. The molecule has 2 heterocycles. The number of hydrogen-bond acceptors (Lipinski definition) is 4. The van der Waals surface area contributed by atoms with Crippen molar-refractivity contribution >= 4 is 23.8 Å². The van der Waals surface area contributed by atoms with Crippen molar-refractivity contribution < 1.29 is 19.4 Å². The van der Waals surface area contributed by atoms with Crippen LogP contribution >= 0.6 is 11.8 Å². The molecule has 7 heteroatoms. The van der Waals surface area contributed by atoms with Gasteiger partial charge in [-0.25, -0.2) is 4.79 Å². The van der Waals surface area contributed by atoms with Crippen LogP contribution in [0.4, 0.5) is 4.79 Å². The summed E-state index contributed by atoms with van der Waals surface area (Å²) < 4.78 is 5.25. The van der Waals surface area contributed by atoms with E-state index in [4.69, 9.17) is 4.74 Å². The maximum atomic E-state index is 12.3. The summed E-state index contributed by atoms with van der Waals surface area (Å²) in [6.45, 7) is 3.50. The Labute approximate surface area is 129 Å². The first-order valence-corrected chi connectivity index (χ1v) is 8.65. The number of rotatable bonds is 5. The summed E-state index contributed by atoms with van der Waals surface area (Å²) in [5, 5.41) is 12.6. The van der Waals surface area contributed by atoms with Crippen molar-refractivity contribution in [1.82, 2.24) is 10.2 Å². The number of carboxylic acids is 1. The van der Waals surface area contributed by atoms with Gasteiger partial charge in [0.05, 0.1) is 19.3 Å². The average Bonchev–Trinajstić information content (AvgIpc) is 2.96. The van der Waals surface area contributed by atoms with Crippen molar-refractivity contribution in [2.24, 2.45) is 5.92 Å². The topological polar surface area (TPSA) is 78.9 Å². The van der Waals surface area contributed by atoms with Gasteiger partial charge in [0, 0.05) is 18.3 Å². The summed E-state index contributed by atoms with van der Waals surface area (Å²) in [6, 6.07) is -0.545. The molecule has 120 valence electrons. The van der Waals surface area contributed by atoms with Crippen LogP contribution in [0.25, 0.3) is 0 Å². The second kappa shape index (κ2) is 7.89. The zero-order valence-corrected chi connectivity index (χ0v) is 13.2. The highest BCUT2D eigenvalue weighted by Gasteiger charge is 2.39. The van der Waals surface area contributed by atoms with Crippen LogP contribution in [0.5, 0.6) is 0 Å². The third-order valence-corrected chi connectivity index (χ3v) is 5.52. The summed E-state index contributed by atoms with van der Waals surface area (Å²) in [5.41, 5.74) is 0. The summed E-state index contributed by atoms with van der Waals surface area (Å²) in [4.78, 5) is 25.1. The van der Waals surface area contributed by atoms with Crippen molar-refractivity contribution in [2.75, 3.05) is 32.1 Å². The zero-order chi connectivity index (χ0) is 15.2. The summed E-state index contributed by atoms with van der Waals surface area (Å²) >= 11 is 1.91. The fraction of sp³-hybridized carbons (Fsp3) is 0.857. The van der Waals surface area contributed by atoms with E-state index in [2.05, 4.69) is 5.32 Å². The molecule has 21 heavy (non-hydrogen) atoms. The number of amides is 2. The molecule has 0 aliphatic carbocycles. The Kier molecular flexibility index (Phi) is 6.17. The van der Waals surface area contributed by atoms with E-state index in [1.807, 2.05) is 18.7 Å². The summed E-state index contributed by atoms with van der Waals surface area (Å²) in [5.74, 6) is -0.360. The molecule has 2 aliphatic heterocycles. The minimum Gasteiger partial charge on any atom is -0.481 e. The first-order chi connectivity index (χ1) is 10.1. The summed E-state index contributed by atoms with van der Waals surface area (Å²) in [7, 11) is 0. The highest BCUT2D eigenvalue weighted by Crippen LogP contribution is 2.24. The van der Waals surface area contributed by atoms with Crippen LogP contribution in [0.3, 0.4) is 0 Å². The van der Waals surface area contributed by atoms with Gasteiger partial charge in [0.15, 0.2) is 0 Å². The van der Waals surface area contributed by atoms with Crippen LogP contribution in [0.15, 0.2) is 0 Å². The highest BCUT2D eigenvalue weighted by molar-refractivity contribution is 7.99. The number of nitrogens with one attached hydrogen (secondary N) is 1. The second-order valence-electron chi connectivity index (χ2n) is 5.51. The first kappa shape index (κ1) is 16.4. The van der Waals surface area contributed by atoms with E-state index in [1.165, 1.54) is 12.8 Å². The quantitative estimate of drug-likeness (QED) is 0.801. The van der Waals surface area contributed by atoms with Gasteiger partial charge in [-0.3, -0.25) is 4.79 Å². The van der Waals surface area contributed by atoms with Crippen LogP contribution in [-0.4, -0.2) is 65.4 Å². The SMILES string of the molecule is CCN(C(=O)NCC1CCCCS1)C1COCC1C(=O)O. The molecule has 3 atom stereocenters. The molecule has 2 saturated heterocycles. The molecule has 0 aromatic rings. The lowest BCUT2D eigenvalue weighted by Crippen LogP contribution is -2.51. The number of ether oxygens (including phenoxy) is 1. The predicted octanol–water partition coefficient (Wildman–Crippen LogP) is 1.40. The van der Waals surface area contributed by atoms with Gasteiger partial charge >= 0.3 is 12.0 Å². The first-order valence-electron chi connectivity index (χ1n) is 7.60. The fourth-order valence-electron chi connectivity index (χ4n) is 2.89. The fourth-order valence-corrected chi connectivity index (χ4v) is 4.12. The standard InChI is InChI=1S/C14H24N2O4S/c1-2-16(12-9-20-8-11(12)13(17)18)14(19)15-7-10-5-3-4-6-21-10/h10-12H,2-9H2,1H3,(H,15,19)(H,17,18). The Morgan fingerprint density at radius 1 is 1.38 bits per heavy atom. The number of aliphatic carboxylic acids is 1. The van der Waals surface area contributed by atoms with E-state index in [0.717, 1.165) is 12.2 Å². The molecule has 6 nitrogen and oxygen atoms in total. The molecule has 0 saturated carbocycles. The molecule has 2 N–H and O–H groups in total. The minimum atomic E-state index is -0.897. The van der Waals surface area contributed by atoms with Crippen molar-refractivity contribution in [1.29, 1.82) is 0 Å². The van der Waals surface area contributed by atoms with Crippen LogP contribution in [0.1, 0.15) is 26.2 Å². The largest absolute Gasteiger partial charge is 0.481 e. The minimum absolute atomic E-state index is 0.176. The van der Waals surface area contributed by atoms with Gasteiger partial charge in [0.2, 0.25) is 0 Å². The number of carbonyl (C=O) groups excluding carboxylic acids is 1. The molecule has 2 aliphatic rings. The lowest BCUT2D eigenvalue weighted by atomic mass is 10.0. The van der Waals surface area contributed by atoms with Gasteiger partial charge in [-0.15, -0.1) is 0 Å². The van der Waals surface area contributed by atoms with Crippen LogP contribution < -0.4 is 5.32 Å². The molecular weight excluding hydrogens is 292 g/mol. The molecule has 0 spiro atoms. The van der Waals surface area contributed by atoms with Gasteiger partial charge in [-0.2, -0.15) is 11.8 Å². The highest BCUT2D eigenvalue weighted by atomic mass is 32.2. The number of hydrogen-bond donors (Lipinski definition) is 2. The molecule has 2 amide bonds. The van der Waals surface area contributed by atoms with Crippen LogP contribution in [-0.2, 0) is 9.53 Å². The van der Waals surface area contributed by atoms with Gasteiger partial charge in [0.25, 0.3) is 0 Å². The molecular formula is C14H24N2O4S. The number of thioether (sulfide) groups is 1. The average molecular weight is 316 g/mol. The molecule has 2 fully saturated rings. The van der Waals surface area contributed by atoms with E-state index in [1.54, 1.807) is 4.90 Å². The second-order valence-corrected chi connectivity index (χ2v) is 6.92. The number of carbonyl (C=O) groups is 2. The monoisotopic (exact) mass is 316 g/mol. The van der Waals surface area contributed by atoms with Gasteiger partial charge in [-0.05, 0) is 25.5 Å². The molecule has 2 rings (SSSR count). The van der Waals surface area contributed by atoms with E-state index in [-0.39, 0.29) is 18.7 Å². The number of nitrogens with zero attached hydrogens (tertiary/aromatic N) is 1. The molecule has 0 aromatic carbocycles. The van der Waals surface area contributed by atoms with Crippen molar-refractivity contribution in [3.8, 4) is 0 Å². The van der Waals surface area contributed by atoms with Gasteiger partial charge < -0.3 is 20.1 Å². The van der Waals surface area contributed by atoms with Crippen molar-refractivity contribution in [3.05, 3.63) is 0 Å². The molecule has 0 bridgehead atoms. The van der Waals surface area contributed by atoms with Gasteiger partial charge in [0.1, 0.15) is 5.92 Å². The van der Waals surface area contributed by atoms with Crippen LogP contribution in [0, 0.1) is 5.92 Å². The molecule has 0 aromatic heterocycles. The Morgan fingerprint density at radius 3 is 2.81 bits per heavy atom. The normalized spacial score (nSPS) is 29.1. The smallest absolute Gasteiger partial charge is 0.317 e. The van der Waals surface area contributed by atoms with E-state index in [9.17, 15) is 14.7 Å². The summed E-state index contributed by atoms with van der Waals surface area (Å²) in [6.07, 6.45) is 3.62. The number of urea groups is 1. The Bertz CT molecular complexity index is 374. The third-order valence-electron chi connectivity index (χ3n) is 4.12. The zero-order valence-electron chi connectivity index (χ0n) is 12.4. The van der Waals surface area contributed by atoms with Crippen LogP contribution in [0.2, 0.25) is 0 Å². The maximum Gasteiger partial charge on any atom is 0.317 e. The van der Waals surface area contributed by atoms with Crippen molar-refractivity contribution in [2.45, 2.75) is 37.5 Å². The van der Waals surface area contributed by atoms with E-state index >= 15 is 0 Å². The van der Waals surface area contributed by atoms with E-state index < -0.39 is 11.9 Å². The Morgan fingerprint density at radius 2 is 2.19 bits per heavy atom. The Balaban J connectivity index is 1.87. The number of carboxylic acid groups (broad SMARTS) is 1. The number of likely N-dealkylation sites (N-methyl/N-ethyl adjacent to an activating group) is 1. The van der Waals surface area contributed by atoms with E-state index in [0.29, 0.717) is 24.9 Å². The molecule has 0 radical (unpaired) electrons. The lowest BCUT2D eigenvalue weighted by molar-refractivity contribution is -0.142. The molecule has 3 unspecified atom stereocenters. The maximum absolute atomic E-state index is 12.3.